The van der Waals surface area contributed by atoms with Crippen molar-refractivity contribution in [3.8, 4) is 5.75 Å². The molecule has 23 heavy (non-hydrogen) atoms. The lowest BCUT2D eigenvalue weighted by atomic mass is 9.97. The van der Waals surface area contributed by atoms with Gasteiger partial charge in [-0.25, -0.2) is 13.9 Å². The summed E-state index contributed by atoms with van der Waals surface area (Å²) >= 11 is 0. The molecule has 2 rings (SSSR count). The number of rotatable bonds is 4. The zero-order valence-corrected chi connectivity index (χ0v) is 14.0. The largest absolute Gasteiger partial charge is 0.497 e. The molecule has 0 spiro atoms. The maximum absolute atomic E-state index is 12.9. The fourth-order valence-electron chi connectivity index (χ4n) is 2.92. The van der Waals surface area contributed by atoms with Gasteiger partial charge in [0.25, 0.3) is 5.91 Å². The van der Waals surface area contributed by atoms with Crippen LogP contribution in [0.5, 0.6) is 5.75 Å². The lowest BCUT2D eigenvalue weighted by Gasteiger charge is -2.30. The molecule has 0 bridgehead atoms. The molecule has 1 aromatic carbocycles. The Morgan fingerprint density at radius 1 is 1.30 bits per heavy atom. The summed E-state index contributed by atoms with van der Waals surface area (Å²) in [6, 6.07) is 5.12. The maximum Gasteiger partial charge on any atom is 0.262 e. The lowest BCUT2D eigenvalue weighted by molar-refractivity contribution is -0.134. The molecule has 0 aromatic heterocycles. The maximum atomic E-state index is 12.9. The van der Waals surface area contributed by atoms with Gasteiger partial charge in [-0.1, -0.05) is 13.3 Å². The lowest BCUT2D eigenvalue weighted by Crippen LogP contribution is -2.51. The van der Waals surface area contributed by atoms with Crippen molar-refractivity contribution in [1.29, 1.82) is 0 Å². The van der Waals surface area contributed by atoms with Gasteiger partial charge < -0.3 is 4.74 Å². The highest BCUT2D eigenvalue weighted by atomic mass is 32.2. The molecule has 0 unspecified atom stereocenters. The molecule has 1 heterocycles. The number of hydroxylamine groups is 1. The summed E-state index contributed by atoms with van der Waals surface area (Å²) in [7, 11) is -2.34. The Morgan fingerprint density at radius 3 is 2.52 bits per heavy atom. The van der Waals surface area contributed by atoms with Crippen LogP contribution in [0.3, 0.4) is 0 Å². The molecule has 1 fully saturated rings. The zero-order chi connectivity index (χ0) is 17.0. The molecule has 0 saturated carbocycles. The van der Waals surface area contributed by atoms with E-state index < -0.39 is 22.0 Å². The van der Waals surface area contributed by atoms with Crippen LogP contribution in [-0.4, -0.2) is 43.5 Å². The van der Waals surface area contributed by atoms with E-state index in [9.17, 15) is 13.2 Å². The van der Waals surface area contributed by atoms with Crippen LogP contribution in [-0.2, 0) is 14.8 Å². The first kappa shape index (κ1) is 17.7. The average Bonchev–Trinajstić information content (AvgIpc) is 2.76. The minimum absolute atomic E-state index is 0.100. The van der Waals surface area contributed by atoms with Crippen molar-refractivity contribution >= 4 is 15.9 Å². The first-order chi connectivity index (χ1) is 10.9. The van der Waals surface area contributed by atoms with E-state index in [0.29, 0.717) is 12.2 Å². The van der Waals surface area contributed by atoms with E-state index >= 15 is 0 Å². The molecule has 8 heteroatoms. The topological polar surface area (TPSA) is 95.9 Å². The van der Waals surface area contributed by atoms with E-state index in [-0.39, 0.29) is 17.4 Å². The number of nitrogens with zero attached hydrogens (tertiary/aromatic N) is 1. The summed E-state index contributed by atoms with van der Waals surface area (Å²) in [5.41, 5.74) is 1.60. The summed E-state index contributed by atoms with van der Waals surface area (Å²) in [6.07, 6.45) is 2.24. The van der Waals surface area contributed by atoms with Crippen molar-refractivity contribution in [2.24, 2.45) is 5.92 Å². The summed E-state index contributed by atoms with van der Waals surface area (Å²) in [5.74, 6) is -0.327. The van der Waals surface area contributed by atoms with Gasteiger partial charge in [-0.05, 0) is 43.0 Å². The van der Waals surface area contributed by atoms with Gasteiger partial charge in [0, 0.05) is 6.54 Å². The Balaban J connectivity index is 2.42. The summed E-state index contributed by atoms with van der Waals surface area (Å²) < 4.78 is 32.1. The Morgan fingerprint density at radius 2 is 1.96 bits per heavy atom. The standard InChI is InChI=1S/C15H22N2O5S/c1-11-5-3-4-10-17(14(11)15(18)16-19)23(20,21)13-8-6-12(22-2)7-9-13/h6-9,11,14,19H,3-5,10H2,1-2H3,(H,16,18)/t11-,14-/m1/s1. The Bertz CT molecular complexity index is 644. The van der Waals surface area contributed by atoms with Crippen molar-refractivity contribution in [1.82, 2.24) is 9.79 Å². The van der Waals surface area contributed by atoms with Crippen molar-refractivity contribution in [2.75, 3.05) is 13.7 Å². The number of carbonyl (C=O) groups is 1. The number of nitrogens with one attached hydrogen (secondary N) is 1. The molecule has 1 amide bonds. The molecular formula is C15H22N2O5S. The molecule has 2 atom stereocenters. The van der Waals surface area contributed by atoms with Gasteiger partial charge >= 0.3 is 0 Å². The van der Waals surface area contributed by atoms with Crippen LogP contribution in [0.2, 0.25) is 0 Å². The fraction of sp³-hybridized carbons (Fsp3) is 0.533. The van der Waals surface area contributed by atoms with Crippen LogP contribution in [0, 0.1) is 5.92 Å². The number of sulfonamides is 1. The number of ether oxygens (including phenoxy) is 1. The van der Waals surface area contributed by atoms with Gasteiger partial charge in [0.2, 0.25) is 10.0 Å². The van der Waals surface area contributed by atoms with Crippen LogP contribution < -0.4 is 10.2 Å². The van der Waals surface area contributed by atoms with Crippen molar-refractivity contribution < 1.29 is 23.2 Å². The SMILES string of the molecule is COc1ccc(S(=O)(=O)N2CCCC[C@@H](C)[C@@H]2C(=O)NO)cc1. The molecule has 7 nitrogen and oxygen atoms in total. The van der Waals surface area contributed by atoms with Crippen molar-refractivity contribution in [2.45, 2.75) is 37.1 Å². The second-order valence-electron chi connectivity index (χ2n) is 5.69. The third kappa shape index (κ3) is 3.65. The fourth-order valence-corrected chi connectivity index (χ4v) is 4.65. The van der Waals surface area contributed by atoms with Gasteiger partial charge in [-0.15, -0.1) is 0 Å². The van der Waals surface area contributed by atoms with Gasteiger partial charge in [-0.2, -0.15) is 4.31 Å². The minimum atomic E-state index is -3.84. The highest BCUT2D eigenvalue weighted by molar-refractivity contribution is 7.89. The van der Waals surface area contributed by atoms with Crippen LogP contribution in [0.15, 0.2) is 29.2 Å². The van der Waals surface area contributed by atoms with E-state index in [1.54, 1.807) is 17.6 Å². The molecule has 128 valence electrons. The van der Waals surface area contributed by atoms with E-state index in [1.807, 2.05) is 6.92 Å². The monoisotopic (exact) mass is 342 g/mol. The summed E-state index contributed by atoms with van der Waals surface area (Å²) in [5, 5.41) is 8.98. The van der Waals surface area contributed by atoms with Gasteiger partial charge in [0.1, 0.15) is 11.8 Å². The number of amides is 1. The van der Waals surface area contributed by atoms with E-state index in [2.05, 4.69) is 0 Å². The second-order valence-corrected chi connectivity index (χ2v) is 7.58. The minimum Gasteiger partial charge on any atom is -0.497 e. The molecule has 1 aromatic rings. The Hall–Kier alpha value is -1.64. The molecule has 0 radical (unpaired) electrons. The molecular weight excluding hydrogens is 320 g/mol. The van der Waals surface area contributed by atoms with Crippen LogP contribution in [0.4, 0.5) is 0 Å². The Kier molecular flexibility index (Phi) is 5.61. The molecule has 0 aliphatic carbocycles. The van der Waals surface area contributed by atoms with E-state index in [0.717, 1.165) is 12.8 Å². The highest BCUT2D eigenvalue weighted by Crippen LogP contribution is 2.29. The van der Waals surface area contributed by atoms with E-state index in [1.165, 1.54) is 23.5 Å². The van der Waals surface area contributed by atoms with Crippen LogP contribution >= 0.6 is 0 Å². The molecule has 1 aliphatic rings. The average molecular weight is 342 g/mol. The number of methoxy groups -OCH3 is 1. The first-order valence-corrected chi connectivity index (χ1v) is 8.95. The zero-order valence-electron chi connectivity index (χ0n) is 13.2. The van der Waals surface area contributed by atoms with Crippen LogP contribution in [0.25, 0.3) is 0 Å². The number of benzene rings is 1. The van der Waals surface area contributed by atoms with Crippen molar-refractivity contribution in [3.63, 3.8) is 0 Å². The predicted molar refractivity (Wildman–Crippen MR) is 83.6 cm³/mol. The Labute approximate surface area is 136 Å². The third-order valence-corrected chi connectivity index (χ3v) is 6.08. The van der Waals surface area contributed by atoms with Gasteiger partial charge in [0.15, 0.2) is 0 Å². The molecule has 1 aliphatic heterocycles. The van der Waals surface area contributed by atoms with Gasteiger partial charge in [-0.3, -0.25) is 10.0 Å². The third-order valence-electron chi connectivity index (χ3n) is 4.18. The number of hydrogen-bond donors (Lipinski definition) is 2. The normalized spacial score (nSPS) is 23.1. The smallest absolute Gasteiger partial charge is 0.262 e. The summed E-state index contributed by atoms with van der Waals surface area (Å²) in [6.45, 7) is 2.07. The second kappa shape index (κ2) is 7.29. The van der Waals surface area contributed by atoms with Gasteiger partial charge in [0.05, 0.1) is 12.0 Å². The van der Waals surface area contributed by atoms with E-state index in [4.69, 9.17) is 9.94 Å². The predicted octanol–water partition coefficient (Wildman–Crippen LogP) is 1.38. The summed E-state index contributed by atoms with van der Waals surface area (Å²) in [4.78, 5) is 12.1. The molecule has 2 N–H and O–H groups in total. The van der Waals surface area contributed by atoms with Crippen LogP contribution in [0.1, 0.15) is 26.2 Å². The highest BCUT2D eigenvalue weighted by Gasteiger charge is 2.40. The molecule has 1 saturated heterocycles. The first-order valence-electron chi connectivity index (χ1n) is 7.51. The quantitative estimate of drug-likeness (QED) is 0.636. The number of hydrogen-bond acceptors (Lipinski definition) is 5. The number of carbonyl (C=O) groups excluding carboxylic acids is 1. The van der Waals surface area contributed by atoms with Crippen molar-refractivity contribution in [3.05, 3.63) is 24.3 Å².